The Bertz CT molecular complexity index is 170. The van der Waals surface area contributed by atoms with Crippen LogP contribution in [-0.2, 0) is 19.1 Å². The molecule has 0 saturated carbocycles. The van der Waals surface area contributed by atoms with E-state index in [4.69, 9.17) is 4.74 Å². The van der Waals surface area contributed by atoms with E-state index >= 15 is 0 Å². The molecule has 0 heterocycles. The number of carbonyl (C=O) groups is 2. The van der Waals surface area contributed by atoms with E-state index in [9.17, 15) is 9.59 Å². The van der Waals surface area contributed by atoms with Crippen LogP contribution in [0.15, 0.2) is 0 Å². The second-order valence-electron chi connectivity index (χ2n) is 2.42. The summed E-state index contributed by atoms with van der Waals surface area (Å²) in [6.45, 7) is 0.945. The van der Waals surface area contributed by atoms with Gasteiger partial charge in [-0.25, -0.2) is 0 Å². The van der Waals surface area contributed by atoms with Crippen LogP contribution >= 0.6 is 0 Å². The lowest BCUT2D eigenvalue weighted by molar-refractivity contribution is -0.142. The minimum Gasteiger partial charge on any atom is -0.469 e. The van der Waals surface area contributed by atoms with Gasteiger partial charge in [0.25, 0.3) is 0 Å². The maximum absolute atomic E-state index is 11.0. The first-order chi connectivity index (χ1) is 6.20. The minimum absolute atomic E-state index is 0.120. The fourth-order valence-electron chi connectivity index (χ4n) is 0.699. The highest BCUT2D eigenvalue weighted by Gasteiger charge is 2.05. The number of nitrogens with one attached hydrogen (secondary N) is 1. The van der Waals surface area contributed by atoms with Gasteiger partial charge in [-0.2, -0.15) is 0 Å². The topological polar surface area (TPSA) is 64.6 Å². The molecule has 5 nitrogen and oxygen atoms in total. The van der Waals surface area contributed by atoms with Crippen LogP contribution in [0.5, 0.6) is 0 Å². The Morgan fingerprint density at radius 2 is 1.92 bits per heavy atom. The lowest BCUT2D eigenvalue weighted by Crippen LogP contribution is -2.27. The van der Waals surface area contributed by atoms with Gasteiger partial charge in [0.15, 0.2) is 0 Å². The Morgan fingerprint density at radius 1 is 1.23 bits per heavy atom. The predicted molar refractivity (Wildman–Crippen MR) is 46.1 cm³/mol. The summed E-state index contributed by atoms with van der Waals surface area (Å²) in [4.78, 5) is 21.6. The van der Waals surface area contributed by atoms with Gasteiger partial charge in [0, 0.05) is 20.1 Å². The molecular weight excluding hydrogens is 174 g/mol. The molecule has 0 rings (SSSR count). The van der Waals surface area contributed by atoms with E-state index in [1.807, 2.05) is 0 Å². The summed E-state index contributed by atoms with van der Waals surface area (Å²) < 4.78 is 9.12. The normalized spacial score (nSPS) is 9.38. The molecule has 0 spiro atoms. The zero-order chi connectivity index (χ0) is 10.1. The second-order valence-corrected chi connectivity index (χ2v) is 2.42. The lowest BCUT2D eigenvalue weighted by atomic mass is 10.3. The smallest absolute Gasteiger partial charge is 0.306 e. The van der Waals surface area contributed by atoms with Crippen molar-refractivity contribution in [2.45, 2.75) is 12.8 Å². The van der Waals surface area contributed by atoms with E-state index in [0.717, 1.165) is 0 Å². The maximum Gasteiger partial charge on any atom is 0.306 e. The highest BCUT2D eigenvalue weighted by atomic mass is 16.5. The van der Waals surface area contributed by atoms with Crippen molar-refractivity contribution in [3.05, 3.63) is 0 Å². The van der Waals surface area contributed by atoms with Crippen LogP contribution < -0.4 is 5.32 Å². The largest absolute Gasteiger partial charge is 0.469 e. The zero-order valence-electron chi connectivity index (χ0n) is 7.96. The molecule has 13 heavy (non-hydrogen) atoms. The van der Waals surface area contributed by atoms with Gasteiger partial charge in [0.2, 0.25) is 5.91 Å². The van der Waals surface area contributed by atoms with E-state index in [1.54, 1.807) is 7.11 Å². The van der Waals surface area contributed by atoms with Crippen molar-refractivity contribution >= 4 is 11.9 Å². The van der Waals surface area contributed by atoms with Crippen LogP contribution in [0.4, 0.5) is 0 Å². The number of rotatable bonds is 6. The predicted octanol–water partition coefficient (Wildman–Crippen LogP) is -0.298. The molecule has 1 amide bonds. The number of carbonyl (C=O) groups excluding carboxylic acids is 2. The van der Waals surface area contributed by atoms with Crippen molar-refractivity contribution in [1.82, 2.24) is 5.32 Å². The second kappa shape index (κ2) is 7.54. The lowest BCUT2D eigenvalue weighted by Gasteiger charge is -2.03. The van der Waals surface area contributed by atoms with Gasteiger partial charge in [0.05, 0.1) is 20.1 Å². The summed E-state index contributed by atoms with van der Waals surface area (Å²) in [5.74, 6) is -0.538. The molecule has 0 aromatic rings. The van der Waals surface area contributed by atoms with Crippen molar-refractivity contribution in [1.29, 1.82) is 0 Å². The molecule has 0 aromatic heterocycles. The van der Waals surface area contributed by atoms with Gasteiger partial charge >= 0.3 is 5.97 Å². The fourth-order valence-corrected chi connectivity index (χ4v) is 0.699. The average Bonchev–Trinajstić information content (AvgIpc) is 2.14. The van der Waals surface area contributed by atoms with Crippen molar-refractivity contribution in [2.24, 2.45) is 0 Å². The maximum atomic E-state index is 11.0. The molecule has 0 unspecified atom stereocenters. The first-order valence-electron chi connectivity index (χ1n) is 4.03. The molecular formula is C8H15NO4. The van der Waals surface area contributed by atoms with Crippen molar-refractivity contribution in [3.8, 4) is 0 Å². The average molecular weight is 189 g/mol. The number of amides is 1. The van der Waals surface area contributed by atoms with Crippen molar-refractivity contribution in [2.75, 3.05) is 27.4 Å². The molecule has 0 aliphatic heterocycles. The molecule has 0 atom stereocenters. The van der Waals surface area contributed by atoms with Gasteiger partial charge in [-0.3, -0.25) is 9.59 Å². The SMILES string of the molecule is COCCNC(=O)CCC(=O)OC. The summed E-state index contributed by atoms with van der Waals surface area (Å²) in [6.07, 6.45) is 0.283. The number of esters is 1. The summed E-state index contributed by atoms with van der Waals surface area (Å²) >= 11 is 0. The van der Waals surface area contributed by atoms with Gasteiger partial charge < -0.3 is 14.8 Å². The van der Waals surface area contributed by atoms with Crippen LogP contribution in [-0.4, -0.2) is 39.2 Å². The number of hydrogen-bond acceptors (Lipinski definition) is 4. The van der Waals surface area contributed by atoms with Crippen molar-refractivity contribution < 1.29 is 19.1 Å². The Hall–Kier alpha value is -1.10. The minimum atomic E-state index is -0.373. The fraction of sp³-hybridized carbons (Fsp3) is 0.750. The van der Waals surface area contributed by atoms with Crippen LogP contribution in [0.2, 0.25) is 0 Å². The highest BCUT2D eigenvalue weighted by molar-refractivity contribution is 5.81. The van der Waals surface area contributed by atoms with Gasteiger partial charge in [0.1, 0.15) is 0 Å². The highest BCUT2D eigenvalue weighted by Crippen LogP contribution is 1.90. The Morgan fingerprint density at radius 3 is 2.46 bits per heavy atom. The Labute approximate surface area is 77.4 Å². The van der Waals surface area contributed by atoms with Gasteiger partial charge in [-0.15, -0.1) is 0 Å². The third kappa shape index (κ3) is 7.27. The summed E-state index contributed by atoms with van der Waals surface area (Å²) in [5, 5.41) is 2.59. The van der Waals surface area contributed by atoms with E-state index in [2.05, 4.69) is 10.1 Å². The molecule has 0 radical (unpaired) electrons. The molecule has 0 aliphatic carbocycles. The molecule has 1 N–H and O–H groups in total. The molecule has 0 bridgehead atoms. The van der Waals surface area contributed by atoms with E-state index < -0.39 is 0 Å². The summed E-state index contributed by atoms with van der Waals surface area (Å²) in [5.41, 5.74) is 0. The Balaban J connectivity index is 3.35. The Kier molecular flexibility index (Phi) is 6.91. The molecule has 0 aliphatic rings. The number of ether oxygens (including phenoxy) is 2. The first-order valence-corrected chi connectivity index (χ1v) is 4.03. The van der Waals surface area contributed by atoms with Gasteiger partial charge in [-0.1, -0.05) is 0 Å². The van der Waals surface area contributed by atoms with E-state index in [-0.39, 0.29) is 24.7 Å². The molecule has 5 heteroatoms. The van der Waals surface area contributed by atoms with Crippen LogP contribution in [0.25, 0.3) is 0 Å². The van der Waals surface area contributed by atoms with E-state index in [1.165, 1.54) is 7.11 Å². The van der Waals surface area contributed by atoms with E-state index in [0.29, 0.717) is 13.2 Å². The van der Waals surface area contributed by atoms with Crippen molar-refractivity contribution in [3.63, 3.8) is 0 Å². The summed E-state index contributed by atoms with van der Waals surface area (Å²) in [6, 6.07) is 0. The van der Waals surface area contributed by atoms with Crippen LogP contribution in [0.1, 0.15) is 12.8 Å². The molecule has 0 aromatic carbocycles. The zero-order valence-corrected chi connectivity index (χ0v) is 7.96. The number of methoxy groups -OCH3 is 2. The van der Waals surface area contributed by atoms with Gasteiger partial charge in [-0.05, 0) is 0 Å². The number of hydrogen-bond donors (Lipinski definition) is 1. The standard InChI is InChI=1S/C8H15NO4/c1-12-6-5-9-7(10)3-4-8(11)13-2/h3-6H2,1-2H3,(H,9,10). The quantitative estimate of drug-likeness (QED) is 0.460. The monoisotopic (exact) mass is 189 g/mol. The third-order valence-electron chi connectivity index (χ3n) is 1.41. The molecule has 0 fully saturated rings. The first kappa shape index (κ1) is 11.9. The molecule has 76 valence electrons. The van der Waals surface area contributed by atoms with Crippen LogP contribution in [0.3, 0.4) is 0 Å². The van der Waals surface area contributed by atoms with Crippen LogP contribution in [0, 0.1) is 0 Å². The molecule has 0 saturated heterocycles. The third-order valence-corrected chi connectivity index (χ3v) is 1.41. The summed E-state index contributed by atoms with van der Waals surface area (Å²) in [7, 11) is 2.85.